The SMILES string of the molecule is CCN1C(=O)/C(=C/c2cc(Br)cc(Br)c2OC)SC1=Nc1cccc(C(=O)O)c1. The van der Waals surface area contributed by atoms with Crippen molar-refractivity contribution >= 4 is 72.4 Å². The number of amides is 1. The van der Waals surface area contributed by atoms with Crippen LogP contribution in [0, 0.1) is 0 Å². The van der Waals surface area contributed by atoms with Gasteiger partial charge >= 0.3 is 5.97 Å². The number of nitrogens with zero attached hydrogens (tertiary/aromatic N) is 2. The Kier molecular flexibility index (Phi) is 6.81. The van der Waals surface area contributed by atoms with E-state index in [1.54, 1.807) is 30.2 Å². The normalized spacial score (nSPS) is 16.7. The summed E-state index contributed by atoms with van der Waals surface area (Å²) in [5.74, 6) is -0.567. The van der Waals surface area contributed by atoms with Crippen LogP contribution in [-0.4, -0.2) is 40.7 Å². The number of ether oxygens (including phenoxy) is 1. The van der Waals surface area contributed by atoms with Crippen molar-refractivity contribution in [2.45, 2.75) is 6.92 Å². The number of benzene rings is 2. The van der Waals surface area contributed by atoms with Crippen LogP contribution in [0.2, 0.25) is 0 Å². The third-order valence-electron chi connectivity index (χ3n) is 4.05. The van der Waals surface area contributed by atoms with Crippen molar-refractivity contribution in [2.24, 2.45) is 4.99 Å². The monoisotopic (exact) mass is 538 g/mol. The van der Waals surface area contributed by atoms with Gasteiger partial charge in [0.15, 0.2) is 5.17 Å². The van der Waals surface area contributed by atoms with Crippen LogP contribution in [0.1, 0.15) is 22.8 Å². The summed E-state index contributed by atoms with van der Waals surface area (Å²) in [6.07, 6.45) is 1.76. The molecule has 0 bridgehead atoms. The number of hydrogen-bond donors (Lipinski definition) is 1. The number of thioether (sulfide) groups is 1. The van der Waals surface area contributed by atoms with Gasteiger partial charge in [0.2, 0.25) is 0 Å². The fourth-order valence-electron chi connectivity index (χ4n) is 2.73. The molecule has 0 aromatic heterocycles. The molecule has 0 aliphatic carbocycles. The molecule has 1 saturated heterocycles. The Morgan fingerprint density at radius 3 is 2.72 bits per heavy atom. The van der Waals surface area contributed by atoms with Gasteiger partial charge in [0, 0.05) is 16.6 Å². The number of carboxylic acids is 1. The first-order chi connectivity index (χ1) is 13.8. The highest BCUT2D eigenvalue weighted by atomic mass is 79.9. The van der Waals surface area contributed by atoms with E-state index in [1.807, 2.05) is 19.1 Å². The Morgan fingerprint density at radius 2 is 2.07 bits per heavy atom. The number of likely N-dealkylation sites (N-methyl/N-ethyl adjacent to an activating group) is 1. The molecule has 0 radical (unpaired) electrons. The standard InChI is InChI=1S/C20H16Br2N2O4S/c1-3-24-18(25)16(9-12-7-13(21)10-15(22)17(12)28-2)29-20(24)23-14-6-4-5-11(8-14)19(26)27/h4-10H,3H2,1-2H3,(H,26,27)/b16-9-,23-20?. The van der Waals surface area contributed by atoms with E-state index >= 15 is 0 Å². The van der Waals surface area contributed by atoms with E-state index < -0.39 is 5.97 Å². The van der Waals surface area contributed by atoms with Crippen LogP contribution in [0.25, 0.3) is 6.08 Å². The van der Waals surface area contributed by atoms with Gasteiger partial charge in [-0.3, -0.25) is 9.69 Å². The number of hydrogen-bond acceptors (Lipinski definition) is 5. The molecule has 29 heavy (non-hydrogen) atoms. The van der Waals surface area contributed by atoms with Crippen LogP contribution >= 0.6 is 43.6 Å². The van der Waals surface area contributed by atoms with Gasteiger partial charge in [0.05, 0.1) is 27.7 Å². The number of halogens is 2. The largest absolute Gasteiger partial charge is 0.495 e. The Bertz CT molecular complexity index is 1050. The maximum atomic E-state index is 12.9. The van der Waals surface area contributed by atoms with Crippen molar-refractivity contribution < 1.29 is 19.4 Å². The predicted molar refractivity (Wildman–Crippen MR) is 122 cm³/mol. The van der Waals surface area contributed by atoms with Gasteiger partial charge in [-0.25, -0.2) is 9.79 Å². The zero-order valence-corrected chi connectivity index (χ0v) is 19.5. The molecule has 1 fully saturated rings. The van der Waals surface area contributed by atoms with Crippen LogP contribution in [0.4, 0.5) is 5.69 Å². The minimum Gasteiger partial charge on any atom is -0.495 e. The molecule has 0 saturated carbocycles. The molecule has 1 amide bonds. The van der Waals surface area contributed by atoms with Crippen molar-refractivity contribution in [3.63, 3.8) is 0 Å². The highest BCUT2D eigenvalue weighted by Crippen LogP contribution is 2.38. The fourth-order valence-corrected chi connectivity index (χ4v) is 5.21. The fraction of sp³-hybridized carbons (Fsp3) is 0.150. The van der Waals surface area contributed by atoms with E-state index in [0.717, 1.165) is 14.5 Å². The maximum Gasteiger partial charge on any atom is 0.335 e. The Hall–Kier alpha value is -2.10. The van der Waals surface area contributed by atoms with Crippen LogP contribution in [-0.2, 0) is 4.79 Å². The zero-order valence-electron chi connectivity index (χ0n) is 15.5. The Balaban J connectivity index is 2.01. The Labute approximate surface area is 188 Å². The highest BCUT2D eigenvalue weighted by Gasteiger charge is 2.32. The summed E-state index contributed by atoms with van der Waals surface area (Å²) in [7, 11) is 1.57. The van der Waals surface area contributed by atoms with Crippen molar-refractivity contribution in [2.75, 3.05) is 13.7 Å². The molecule has 2 aromatic rings. The average Bonchev–Trinajstić information content (AvgIpc) is 2.96. The van der Waals surface area contributed by atoms with Gasteiger partial charge < -0.3 is 9.84 Å². The molecule has 1 aliphatic heterocycles. The number of carboxylic acid groups (broad SMARTS) is 1. The first kappa shape index (κ1) is 21.6. The van der Waals surface area contributed by atoms with Gasteiger partial charge in [0.1, 0.15) is 5.75 Å². The lowest BCUT2D eigenvalue weighted by Crippen LogP contribution is -2.28. The topological polar surface area (TPSA) is 79.2 Å². The molecule has 0 atom stereocenters. The summed E-state index contributed by atoms with van der Waals surface area (Å²) >= 11 is 8.16. The number of carbonyl (C=O) groups excluding carboxylic acids is 1. The second-order valence-corrected chi connectivity index (χ2v) is 8.70. The van der Waals surface area contributed by atoms with Crippen molar-refractivity contribution in [1.29, 1.82) is 0 Å². The van der Waals surface area contributed by atoms with Crippen LogP contribution < -0.4 is 4.74 Å². The van der Waals surface area contributed by atoms with Crippen molar-refractivity contribution in [3.05, 3.63) is 61.4 Å². The molecular formula is C20H16Br2N2O4S. The maximum absolute atomic E-state index is 12.9. The number of rotatable bonds is 5. The number of amidine groups is 1. The molecular weight excluding hydrogens is 524 g/mol. The van der Waals surface area contributed by atoms with E-state index in [9.17, 15) is 9.59 Å². The molecule has 1 heterocycles. The van der Waals surface area contributed by atoms with E-state index in [-0.39, 0.29) is 11.5 Å². The summed E-state index contributed by atoms with van der Waals surface area (Å²) in [4.78, 5) is 30.6. The minimum atomic E-state index is -1.03. The second kappa shape index (κ2) is 9.15. The van der Waals surface area contributed by atoms with Crippen molar-refractivity contribution in [3.8, 4) is 5.75 Å². The lowest BCUT2D eigenvalue weighted by atomic mass is 10.2. The van der Waals surface area contributed by atoms with E-state index in [2.05, 4.69) is 36.9 Å². The van der Waals surface area contributed by atoms with E-state index in [0.29, 0.717) is 28.1 Å². The van der Waals surface area contributed by atoms with Gasteiger partial charge in [0.25, 0.3) is 5.91 Å². The molecule has 150 valence electrons. The minimum absolute atomic E-state index is 0.142. The molecule has 1 N–H and O–H groups in total. The third kappa shape index (κ3) is 4.73. The zero-order chi connectivity index (χ0) is 21.1. The predicted octanol–water partition coefficient (Wildman–Crippen LogP) is 5.54. The summed E-state index contributed by atoms with van der Waals surface area (Å²) in [5, 5.41) is 9.66. The molecule has 6 nitrogen and oxygen atoms in total. The molecule has 3 rings (SSSR count). The van der Waals surface area contributed by atoms with Crippen LogP contribution in [0.15, 0.2) is 55.2 Å². The summed E-state index contributed by atoms with van der Waals surface area (Å²) in [5.41, 5.74) is 1.36. The molecule has 2 aromatic carbocycles. The molecule has 9 heteroatoms. The van der Waals surface area contributed by atoms with Gasteiger partial charge in [-0.2, -0.15) is 0 Å². The quantitative estimate of drug-likeness (QED) is 0.504. The lowest BCUT2D eigenvalue weighted by Gasteiger charge is -2.12. The lowest BCUT2D eigenvalue weighted by molar-refractivity contribution is -0.122. The first-order valence-electron chi connectivity index (χ1n) is 8.50. The van der Waals surface area contributed by atoms with Gasteiger partial charge in [-0.15, -0.1) is 0 Å². The summed E-state index contributed by atoms with van der Waals surface area (Å²) in [6, 6.07) is 10.0. The van der Waals surface area contributed by atoms with Crippen LogP contribution in [0.3, 0.4) is 0 Å². The third-order valence-corrected chi connectivity index (χ3v) is 6.10. The highest BCUT2D eigenvalue weighted by molar-refractivity contribution is 9.11. The van der Waals surface area contributed by atoms with Gasteiger partial charge in [-0.1, -0.05) is 22.0 Å². The van der Waals surface area contributed by atoms with Crippen LogP contribution in [0.5, 0.6) is 5.75 Å². The van der Waals surface area contributed by atoms with Gasteiger partial charge in [-0.05, 0) is 71.0 Å². The summed E-state index contributed by atoms with van der Waals surface area (Å²) in [6.45, 7) is 2.31. The van der Waals surface area contributed by atoms with Crippen molar-refractivity contribution in [1.82, 2.24) is 4.90 Å². The molecule has 1 aliphatic rings. The average molecular weight is 540 g/mol. The number of carbonyl (C=O) groups is 2. The Morgan fingerprint density at radius 1 is 1.31 bits per heavy atom. The van der Waals surface area contributed by atoms with E-state index in [4.69, 9.17) is 9.84 Å². The second-order valence-electron chi connectivity index (χ2n) is 5.92. The molecule has 0 spiro atoms. The molecule has 0 unspecified atom stereocenters. The number of aliphatic imine (C=N–C) groups is 1. The first-order valence-corrected chi connectivity index (χ1v) is 10.9. The number of aromatic carboxylic acids is 1. The van der Waals surface area contributed by atoms with E-state index in [1.165, 1.54) is 23.9 Å². The smallest absolute Gasteiger partial charge is 0.335 e. The summed E-state index contributed by atoms with van der Waals surface area (Å²) < 4.78 is 7.07. The number of methoxy groups -OCH3 is 1.